The minimum absolute atomic E-state index is 0.143. The van der Waals surface area contributed by atoms with Crippen LogP contribution in [0.15, 0.2) is 72.8 Å². The van der Waals surface area contributed by atoms with Gasteiger partial charge < -0.3 is 0 Å². The zero-order valence-corrected chi connectivity index (χ0v) is 16.2. The molecule has 1 aliphatic rings. The highest BCUT2D eigenvalue weighted by atomic mass is 31.2. The Labute approximate surface area is 151 Å². The predicted molar refractivity (Wildman–Crippen MR) is 108 cm³/mol. The fourth-order valence-electron chi connectivity index (χ4n) is 3.46. The fourth-order valence-corrected chi connectivity index (χ4v) is 5.92. The lowest BCUT2D eigenvalue weighted by Crippen LogP contribution is -2.36. The van der Waals surface area contributed by atoms with Crippen molar-refractivity contribution in [2.75, 3.05) is 0 Å². The Bertz CT molecular complexity index is 718. The van der Waals surface area contributed by atoms with Crippen molar-refractivity contribution in [1.82, 2.24) is 5.09 Å². The first kappa shape index (κ1) is 18.2. The van der Waals surface area contributed by atoms with E-state index in [1.807, 2.05) is 60.7 Å². The maximum atomic E-state index is 14.0. The van der Waals surface area contributed by atoms with Gasteiger partial charge in [-0.2, -0.15) is 0 Å². The molecule has 0 aromatic heterocycles. The maximum Gasteiger partial charge on any atom is 0.205 e. The van der Waals surface area contributed by atoms with Crippen molar-refractivity contribution < 1.29 is 4.57 Å². The van der Waals surface area contributed by atoms with E-state index < -0.39 is 7.29 Å². The van der Waals surface area contributed by atoms with Crippen molar-refractivity contribution in [2.24, 2.45) is 11.3 Å². The summed E-state index contributed by atoms with van der Waals surface area (Å²) in [5, 5.41) is 5.24. The zero-order chi connectivity index (χ0) is 17.9. The summed E-state index contributed by atoms with van der Waals surface area (Å²) in [7, 11) is -2.85. The van der Waals surface area contributed by atoms with Crippen molar-refractivity contribution in [1.29, 1.82) is 0 Å². The van der Waals surface area contributed by atoms with Gasteiger partial charge in [0.05, 0.1) is 0 Å². The van der Waals surface area contributed by atoms with E-state index >= 15 is 0 Å². The molecule has 0 bridgehead atoms. The lowest BCUT2D eigenvalue weighted by atomic mass is 9.75. The zero-order valence-electron chi connectivity index (χ0n) is 15.4. The van der Waals surface area contributed by atoms with Crippen LogP contribution in [0.2, 0.25) is 0 Å². The highest BCUT2D eigenvalue weighted by molar-refractivity contribution is 7.76. The number of nitrogens with one attached hydrogen (secondary N) is 1. The molecule has 0 aliphatic heterocycles. The van der Waals surface area contributed by atoms with Crippen molar-refractivity contribution in [3.63, 3.8) is 0 Å². The SMILES string of the molecule is CC(C)(C)[C@H]1C=C[C@H](NP(=O)(c2ccccc2)c2ccccc2)CC1. The van der Waals surface area contributed by atoms with Gasteiger partial charge in [0.2, 0.25) is 7.29 Å². The van der Waals surface area contributed by atoms with Gasteiger partial charge in [0.25, 0.3) is 0 Å². The largest absolute Gasteiger partial charge is 0.297 e. The van der Waals surface area contributed by atoms with Crippen LogP contribution in [0.5, 0.6) is 0 Å². The van der Waals surface area contributed by atoms with Gasteiger partial charge in [0.15, 0.2) is 0 Å². The van der Waals surface area contributed by atoms with E-state index in [0.29, 0.717) is 5.92 Å². The molecular formula is C22H28NOP. The van der Waals surface area contributed by atoms with Crippen LogP contribution in [0, 0.1) is 11.3 Å². The first-order valence-electron chi connectivity index (χ1n) is 9.07. The smallest absolute Gasteiger partial charge is 0.205 e. The third-order valence-corrected chi connectivity index (χ3v) is 7.81. The molecule has 0 heterocycles. The third-order valence-electron chi connectivity index (χ3n) is 5.06. The molecule has 0 amide bonds. The van der Waals surface area contributed by atoms with E-state index in [1.54, 1.807) is 0 Å². The van der Waals surface area contributed by atoms with Gasteiger partial charge >= 0.3 is 0 Å². The molecule has 1 N–H and O–H groups in total. The predicted octanol–water partition coefficient (Wildman–Crippen LogP) is 4.89. The number of allylic oxidation sites excluding steroid dienone is 1. The van der Waals surface area contributed by atoms with Gasteiger partial charge in [-0.3, -0.25) is 9.65 Å². The number of hydrogen-bond donors (Lipinski definition) is 1. The molecule has 25 heavy (non-hydrogen) atoms. The van der Waals surface area contributed by atoms with E-state index in [0.717, 1.165) is 23.5 Å². The molecule has 0 fully saturated rings. The molecule has 2 aromatic carbocycles. The standard InChI is InChI=1S/C22H28NOP/c1-22(2,3)18-14-16-19(17-15-18)23-25(24,20-10-6-4-7-11-20)21-12-8-5-9-13-21/h4-14,16,18-19H,15,17H2,1-3H3,(H,23,24)/t18-,19-/m0/s1. The quantitative estimate of drug-likeness (QED) is 0.627. The summed E-state index contributed by atoms with van der Waals surface area (Å²) in [6, 6.07) is 19.8. The summed E-state index contributed by atoms with van der Waals surface area (Å²) >= 11 is 0. The van der Waals surface area contributed by atoms with Gasteiger partial charge in [-0.1, -0.05) is 69.3 Å². The summed E-state index contributed by atoms with van der Waals surface area (Å²) in [5.74, 6) is 0.582. The van der Waals surface area contributed by atoms with Crippen LogP contribution in [0.1, 0.15) is 33.6 Å². The van der Waals surface area contributed by atoms with Gasteiger partial charge in [-0.15, -0.1) is 0 Å². The molecule has 1 aliphatic carbocycles. The van der Waals surface area contributed by atoms with Crippen LogP contribution in [0.3, 0.4) is 0 Å². The van der Waals surface area contributed by atoms with Gasteiger partial charge in [-0.25, -0.2) is 0 Å². The Morgan fingerprint density at radius 3 is 1.76 bits per heavy atom. The highest BCUT2D eigenvalue weighted by Gasteiger charge is 2.32. The van der Waals surface area contributed by atoms with E-state index in [9.17, 15) is 4.57 Å². The molecule has 0 saturated carbocycles. The third kappa shape index (κ3) is 4.14. The lowest BCUT2D eigenvalue weighted by Gasteiger charge is -2.34. The van der Waals surface area contributed by atoms with Crippen LogP contribution >= 0.6 is 7.29 Å². The van der Waals surface area contributed by atoms with E-state index in [4.69, 9.17) is 0 Å². The van der Waals surface area contributed by atoms with E-state index in [2.05, 4.69) is 38.0 Å². The van der Waals surface area contributed by atoms with Gasteiger partial charge in [0, 0.05) is 16.7 Å². The normalized spacial score (nSPS) is 21.2. The second kappa shape index (κ2) is 7.32. The lowest BCUT2D eigenvalue weighted by molar-refractivity contribution is 0.261. The van der Waals surface area contributed by atoms with Crippen LogP contribution in [0.25, 0.3) is 0 Å². The monoisotopic (exact) mass is 353 g/mol. The molecule has 0 saturated heterocycles. The molecular weight excluding hydrogens is 325 g/mol. The molecule has 2 aromatic rings. The molecule has 3 rings (SSSR count). The van der Waals surface area contributed by atoms with Crippen LogP contribution < -0.4 is 15.7 Å². The average Bonchev–Trinajstić information content (AvgIpc) is 2.63. The first-order valence-corrected chi connectivity index (χ1v) is 10.8. The fraction of sp³-hybridized carbons (Fsp3) is 0.364. The number of benzene rings is 2. The molecule has 2 nitrogen and oxygen atoms in total. The van der Waals surface area contributed by atoms with Crippen LogP contribution in [-0.2, 0) is 4.57 Å². The summed E-state index contributed by atoms with van der Waals surface area (Å²) < 4.78 is 14.0. The summed E-state index contributed by atoms with van der Waals surface area (Å²) in [6.45, 7) is 6.86. The second-order valence-corrected chi connectivity index (χ2v) is 10.5. The molecule has 3 heteroatoms. The number of rotatable bonds is 4. The van der Waals surface area contributed by atoms with Crippen molar-refractivity contribution in [3.05, 3.63) is 72.8 Å². The Morgan fingerprint density at radius 2 is 1.36 bits per heavy atom. The topological polar surface area (TPSA) is 29.1 Å². The minimum Gasteiger partial charge on any atom is -0.297 e. The molecule has 132 valence electrons. The molecule has 2 atom stereocenters. The van der Waals surface area contributed by atoms with Crippen LogP contribution in [0.4, 0.5) is 0 Å². The Hall–Kier alpha value is -1.63. The second-order valence-electron chi connectivity index (χ2n) is 7.95. The number of hydrogen-bond acceptors (Lipinski definition) is 1. The Balaban J connectivity index is 1.89. The average molecular weight is 353 g/mol. The maximum absolute atomic E-state index is 14.0. The van der Waals surface area contributed by atoms with Crippen molar-refractivity contribution >= 4 is 17.9 Å². The van der Waals surface area contributed by atoms with E-state index in [1.165, 1.54) is 0 Å². The Morgan fingerprint density at radius 1 is 0.840 bits per heavy atom. The molecule has 0 spiro atoms. The van der Waals surface area contributed by atoms with E-state index in [-0.39, 0.29) is 11.5 Å². The summed E-state index contributed by atoms with van der Waals surface area (Å²) in [6.07, 6.45) is 6.67. The summed E-state index contributed by atoms with van der Waals surface area (Å²) in [4.78, 5) is 0. The molecule has 0 unspecified atom stereocenters. The molecule has 0 radical (unpaired) electrons. The van der Waals surface area contributed by atoms with Crippen LogP contribution in [-0.4, -0.2) is 6.04 Å². The van der Waals surface area contributed by atoms with Crippen molar-refractivity contribution in [2.45, 2.75) is 39.7 Å². The van der Waals surface area contributed by atoms with Gasteiger partial charge in [0.1, 0.15) is 0 Å². The first-order chi connectivity index (χ1) is 11.9. The summed E-state index contributed by atoms with van der Waals surface area (Å²) in [5.41, 5.74) is 0.282. The highest BCUT2D eigenvalue weighted by Crippen LogP contribution is 2.41. The Kier molecular flexibility index (Phi) is 5.32. The minimum atomic E-state index is -2.85. The van der Waals surface area contributed by atoms with Gasteiger partial charge in [-0.05, 0) is 48.4 Å². The van der Waals surface area contributed by atoms with Crippen molar-refractivity contribution in [3.8, 4) is 0 Å².